The SMILES string of the molecule is O=C(CC1CNC1)N1CCCCCC1. The molecule has 0 spiro atoms. The molecule has 2 heterocycles. The highest BCUT2D eigenvalue weighted by Gasteiger charge is 2.23. The molecule has 80 valence electrons. The number of carbonyl (C=O) groups excluding carboxylic acids is 1. The summed E-state index contributed by atoms with van der Waals surface area (Å²) in [6.45, 7) is 4.08. The molecular weight excluding hydrogens is 176 g/mol. The molecule has 0 aromatic heterocycles. The second-order valence-corrected chi connectivity index (χ2v) is 4.52. The lowest BCUT2D eigenvalue weighted by atomic mass is 9.98. The van der Waals surface area contributed by atoms with E-state index in [0.717, 1.165) is 32.6 Å². The minimum Gasteiger partial charge on any atom is -0.343 e. The molecule has 14 heavy (non-hydrogen) atoms. The van der Waals surface area contributed by atoms with E-state index in [4.69, 9.17) is 0 Å². The van der Waals surface area contributed by atoms with Gasteiger partial charge in [0.05, 0.1) is 0 Å². The Labute approximate surface area is 85.8 Å². The van der Waals surface area contributed by atoms with Crippen LogP contribution >= 0.6 is 0 Å². The third kappa shape index (κ3) is 2.47. The van der Waals surface area contributed by atoms with Gasteiger partial charge in [-0.25, -0.2) is 0 Å². The Hall–Kier alpha value is -0.570. The zero-order valence-corrected chi connectivity index (χ0v) is 8.80. The lowest BCUT2D eigenvalue weighted by Gasteiger charge is -2.29. The largest absolute Gasteiger partial charge is 0.343 e. The van der Waals surface area contributed by atoms with E-state index in [1.165, 1.54) is 25.7 Å². The molecular formula is C11H20N2O. The fourth-order valence-corrected chi connectivity index (χ4v) is 2.19. The quantitative estimate of drug-likeness (QED) is 0.714. The molecule has 0 bridgehead atoms. The van der Waals surface area contributed by atoms with Crippen molar-refractivity contribution in [3.8, 4) is 0 Å². The maximum absolute atomic E-state index is 11.9. The molecule has 2 aliphatic rings. The molecule has 2 fully saturated rings. The highest BCUT2D eigenvalue weighted by atomic mass is 16.2. The predicted molar refractivity (Wildman–Crippen MR) is 56.0 cm³/mol. The zero-order chi connectivity index (χ0) is 9.80. The second-order valence-electron chi connectivity index (χ2n) is 4.52. The zero-order valence-electron chi connectivity index (χ0n) is 8.80. The molecule has 2 rings (SSSR count). The van der Waals surface area contributed by atoms with Gasteiger partial charge in [-0.2, -0.15) is 0 Å². The summed E-state index contributed by atoms with van der Waals surface area (Å²) in [4.78, 5) is 13.9. The maximum atomic E-state index is 11.9. The molecule has 1 amide bonds. The Bertz CT molecular complexity index is 193. The molecule has 0 aromatic carbocycles. The summed E-state index contributed by atoms with van der Waals surface area (Å²) in [6, 6.07) is 0. The molecule has 0 saturated carbocycles. The van der Waals surface area contributed by atoms with Gasteiger partial charge in [-0.15, -0.1) is 0 Å². The molecule has 3 nitrogen and oxygen atoms in total. The van der Waals surface area contributed by atoms with E-state index in [0.29, 0.717) is 11.8 Å². The molecule has 1 N–H and O–H groups in total. The van der Waals surface area contributed by atoms with Crippen LogP contribution in [0.2, 0.25) is 0 Å². The van der Waals surface area contributed by atoms with Crippen LogP contribution in [-0.4, -0.2) is 37.0 Å². The first-order valence-corrected chi connectivity index (χ1v) is 5.85. The minimum atomic E-state index is 0.387. The molecule has 2 saturated heterocycles. The maximum Gasteiger partial charge on any atom is 0.222 e. The van der Waals surface area contributed by atoms with Gasteiger partial charge in [0.2, 0.25) is 5.91 Å². The summed E-state index contributed by atoms with van der Waals surface area (Å²) >= 11 is 0. The van der Waals surface area contributed by atoms with Crippen LogP contribution in [0, 0.1) is 5.92 Å². The first-order chi connectivity index (χ1) is 6.86. The van der Waals surface area contributed by atoms with Gasteiger partial charge in [0.25, 0.3) is 0 Å². The van der Waals surface area contributed by atoms with Gasteiger partial charge >= 0.3 is 0 Å². The summed E-state index contributed by atoms with van der Waals surface area (Å²) in [6.07, 6.45) is 5.78. The van der Waals surface area contributed by atoms with Crippen molar-refractivity contribution in [2.75, 3.05) is 26.2 Å². The van der Waals surface area contributed by atoms with Gasteiger partial charge in [-0.3, -0.25) is 4.79 Å². The van der Waals surface area contributed by atoms with Crippen LogP contribution in [0.5, 0.6) is 0 Å². The van der Waals surface area contributed by atoms with Gasteiger partial charge in [0.15, 0.2) is 0 Å². The molecule has 0 aliphatic carbocycles. The number of hydrogen-bond donors (Lipinski definition) is 1. The van der Waals surface area contributed by atoms with Crippen molar-refractivity contribution in [1.82, 2.24) is 10.2 Å². The first-order valence-electron chi connectivity index (χ1n) is 5.85. The highest BCUT2D eigenvalue weighted by molar-refractivity contribution is 5.76. The van der Waals surface area contributed by atoms with E-state index in [1.807, 2.05) is 0 Å². The summed E-state index contributed by atoms with van der Waals surface area (Å²) < 4.78 is 0. The van der Waals surface area contributed by atoms with Crippen molar-refractivity contribution in [3.63, 3.8) is 0 Å². The third-order valence-electron chi connectivity index (χ3n) is 3.29. The molecule has 0 aromatic rings. The van der Waals surface area contributed by atoms with Crippen molar-refractivity contribution < 1.29 is 4.79 Å². The van der Waals surface area contributed by atoms with E-state index in [9.17, 15) is 4.79 Å². The number of amides is 1. The van der Waals surface area contributed by atoms with E-state index in [-0.39, 0.29) is 0 Å². The molecule has 0 radical (unpaired) electrons. The van der Waals surface area contributed by atoms with Gasteiger partial charge in [0.1, 0.15) is 0 Å². The highest BCUT2D eigenvalue weighted by Crippen LogP contribution is 2.14. The summed E-state index contributed by atoms with van der Waals surface area (Å²) in [5.41, 5.74) is 0. The molecule has 0 unspecified atom stereocenters. The number of nitrogens with zero attached hydrogens (tertiary/aromatic N) is 1. The monoisotopic (exact) mass is 196 g/mol. The Morgan fingerprint density at radius 1 is 1.14 bits per heavy atom. The first kappa shape index (κ1) is 9.97. The fraction of sp³-hybridized carbons (Fsp3) is 0.909. The van der Waals surface area contributed by atoms with Gasteiger partial charge < -0.3 is 10.2 Å². The second kappa shape index (κ2) is 4.78. The van der Waals surface area contributed by atoms with Crippen LogP contribution in [0.25, 0.3) is 0 Å². The lowest BCUT2D eigenvalue weighted by Crippen LogP contribution is -2.45. The Balaban J connectivity index is 1.76. The standard InChI is InChI=1S/C11H20N2O/c14-11(7-10-8-12-9-10)13-5-3-1-2-4-6-13/h10,12H,1-9H2. The molecule has 3 heteroatoms. The Morgan fingerprint density at radius 2 is 1.79 bits per heavy atom. The average Bonchev–Trinajstić information content (AvgIpc) is 2.38. The Kier molecular flexibility index (Phi) is 3.40. The van der Waals surface area contributed by atoms with Crippen LogP contribution in [0.4, 0.5) is 0 Å². The minimum absolute atomic E-state index is 0.387. The van der Waals surface area contributed by atoms with E-state index >= 15 is 0 Å². The van der Waals surface area contributed by atoms with Gasteiger partial charge in [-0.1, -0.05) is 12.8 Å². The number of nitrogens with one attached hydrogen (secondary N) is 1. The fourth-order valence-electron chi connectivity index (χ4n) is 2.19. The third-order valence-corrected chi connectivity index (χ3v) is 3.29. The summed E-state index contributed by atoms with van der Waals surface area (Å²) in [7, 11) is 0. The summed E-state index contributed by atoms with van der Waals surface area (Å²) in [5, 5.41) is 3.21. The molecule has 2 aliphatic heterocycles. The van der Waals surface area contributed by atoms with Gasteiger partial charge in [-0.05, 0) is 31.8 Å². The van der Waals surface area contributed by atoms with Crippen molar-refractivity contribution in [1.29, 1.82) is 0 Å². The smallest absolute Gasteiger partial charge is 0.222 e. The lowest BCUT2D eigenvalue weighted by molar-refractivity contribution is -0.132. The van der Waals surface area contributed by atoms with Gasteiger partial charge in [0, 0.05) is 19.5 Å². The summed E-state index contributed by atoms with van der Waals surface area (Å²) in [5.74, 6) is 1.00. The predicted octanol–water partition coefficient (Wildman–Crippen LogP) is 0.998. The number of hydrogen-bond acceptors (Lipinski definition) is 2. The number of rotatable bonds is 2. The van der Waals surface area contributed by atoms with E-state index in [2.05, 4.69) is 10.2 Å². The van der Waals surface area contributed by atoms with E-state index in [1.54, 1.807) is 0 Å². The van der Waals surface area contributed by atoms with E-state index < -0.39 is 0 Å². The number of likely N-dealkylation sites (tertiary alicyclic amines) is 1. The normalized spacial score (nSPS) is 24.1. The van der Waals surface area contributed by atoms with Crippen LogP contribution in [-0.2, 0) is 4.79 Å². The van der Waals surface area contributed by atoms with Crippen molar-refractivity contribution in [2.24, 2.45) is 5.92 Å². The van der Waals surface area contributed by atoms with Crippen LogP contribution in [0.15, 0.2) is 0 Å². The van der Waals surface area contributed by atoms with Crippen LogP contribution in [0.3, 0.4) is 0 Å². The van der Waals surface area contributed by atoms with Crippen LogP contribution < -0.4 is 5.32 Å². The van der Waals surface area contributed by atoms with Crippen molar-refractivity contribution in [3.05, 3.63) is 0 Å². The molecule has 0 atom stereocenters. The average molecular weight is 196 g/mol. The topological polar surface area (TPSA) is 32.3 Å². The number of carbonyl (C=O) groups is 1. The van der Waals surface area contributed by atoms with Crippen molar-refractivity contribution in [2.45, 2.75) is 32.1 Å². The van der Waals surface area contributed by atoms with Crippen molar-refractivity contribution >= 4 is 5.91 Å². The van der Waals surface area contributed by atoms with Crippen LogP contribution in [0.1, 0.15) is 32.1 Å². The Morgan fingerprint density at radius 3 is 2.29 bits per heavy atom.